The quantitative estimate of drug-likeness (QED) is 0.773. The lowest BCUT2D eigenvalue weighted by Gasteiger charge is -2.17. The normalized spacial score (nSPS) is 11.5. The first-order valence-corrected chi connectivity index (χ1v) is 5.07. The summed E-state index contributed by atoms with van der Waals surface area (Å²) in [5, 5.41) is 12.7. The van der Waals surface area contributed by atoms with E-state index in [9.17, 15) is 5.11 Å². The maximum Gasteiger partial charge on any atom is 0.118 e. The lowest BCUT2D eigenvalue weighted by atomic mass is 10.1. The molecule has 1 aromatic carbocycles. The van der Waals surface area contributed by atoms with Crippen LogP contribution in [0.25, 0.3) is 0 Å². The summed E-state index contributed by atoms with van der Waals surface area (Å²) in [5.41, 5.74) is 0.520. The van der Waals surface area contributed by atoms with Crippen LogP contribution in [0.2, 0.25) is 0 Å². The number of benzene rings is 1. The third-order valence-corrected chi connectivity index (χ3v) is 2.05. The van der Waals surface area contributed by atoms with Gasteiger partial charge in [0.15, 0.2) is 0 Å². The van der Waals surface area contributed by atoms with Gasteiger partial charge in [-0.1, -0.05) is 12.1 Å². The molecule has 0 aliphatic rings. The first-order chi connectivity index (χ1) is 7.01. The van der Waals surface area contributed by atoms with Crippen molar-refractivity contribution in [3.63, 3.8) is 0 Å². The third kappa shape index (κ3) is 4.81. The Morgan fingerprint density at radius 1 is 1.27 bits per heavy atom. The van der Waals surface area contributed by atoms with Crippen molar-refractivity contribution in [2.45, 2.75) is 26.0 Å². The van der Waals surface area contributed by atoms with E-state index in [4.69, 9.17) is 4.74 Å². The molecule has 3 heteroatoms. The van der Waals surface area contributed by atoms with Crippen molar-refractivity contribution in [1.82, 2.24) is 5.32 Å². The molecule has 0 saturated heterocycles. The van der Waals surface area contributed by atoms with Crippen molar-refractivity contribution in [3.05, 3.63) is 29.8 Å². The highest BCUT2D eigenvalue weighted by molar-refractivity contribution is 5.26. The van der Waals surface area contributed by atoms with Crippen LogP contribution < -0.4 is 10.1 Å². The Balaban J connectivity index is 2.38. The lowest BCUT2D eigenvalue weighted by Crippen LogP contribution is -2.34. The van der Waals surface area contributed by atoms with Gasteiger partial charge in [0.2, 0.25) is 0 Å². The van der Waals surface area contributed by atoms with E-state index in [1.54, 1.807) is 21.0 Å². The van der Waals surface area contributed by atoms with Gasteiger partial charge in [0.05, 0.1) is 12.7 Å². The van der Waals surface area contributed by atoms with E-state index in [0.717, 1.165) is 12.3 Å². The summed E-state index contributed by atoms with van der Waals surface area (Å²) >= 11 is 0. The van der Waals surface area contributed by atoms with Crippen molar-refractivity contribution >= 4 is 0 Å². The molecule has 84 valence electrons. The zero-order valence-corrected chi connectivity index (χ0v) is 9.58. The van der Waals surface area contributed by atoms with Crippen molar-refractivity contribution in [2.24, 2.45) is 0 Å². The Morgan fingerprint density at radius 3 is 2.33 bits per heavy atom. The smallest absolute Gasteiger partial charge is 0.118 e. The minimum atomic E-state index is -0.660. The van der Waals surface area contributed by atoms with E-state index in [2.05, 4.69) is 5.32 Å². The maximum absolute atomic E-state index is 9.50. The van der Waals surface area contributed by atoms with Crippen LogP contribution in [-0.4, -0.2) is 24.4 Å². The molecular weight excluding hydrogens is 190 g/mol. The average Bonchev–Trinajstić information content (AvgIpc) is 2.17. The summed E-state index contributed by atoms with van der Waals surface area (Å²) in [7, 11) is 1.65. The number of hydrogen-bond donors (Lipinski definition) is 2. The number of hydrogen-bond acceptors (Lipinski definition) is 3. The van der Waals surface area contributed by atoms with E-state index in [0.29, 0.717) is 6.54 Å². The molecule has 0 fully saturated rings. The zero-order chi connectivity index (χ0) is 11.3. The van der Waals surface area contributed by atoms with E-state index in [1.165, 1.54) is 5.56 Å². The van der Waals surface area contributed by atoms with Crippen LogP contribution in [0.4, 0.5) is 0 Å². The molecule has 0 aliphatic heterocycles. The van der Waals surface area contributed by atoms with Gasteiger partial charge in [0.25, 0.3) is 0 Å². The van der Waals surface area contributed by atoms with Crippen LogP contribution >= 0.6 is 0 Å². The molecule has 0 amide bonds. The maximum atomic E-state index is 9.50. The Labute approximate surface area is 91.1 Å². The van der Waals surface area contributed by atoms with Gasteiger partial charge in [0.1, 0.15) is 5.75 Å². The Morgan fingerprint density at radius 2 is 1.87 bits per heavy atom. The van der Waals surface area contributed by atoms with Gasteiger partial charge in [-0.2, -0.15) is 0 Å². The SMILES string of the molecule is COc1ccc(CNCC(C)(C)O)cc1. The molecule has 0 heterocycles. The van der Waals surface area contributed by atoms with Crippen LogP contribution in [-0.2, 0) is 6.54 Å². The number of ether oxygens (including phenoxy) is 1. The van der Waals surface area contributed by atoms with Crippen LogP contribution in [0.3, 0.4) is 0 Å². The van der Waals surface area contributed by atoms with Crippen molar-refractivity contribution in [3.8, 4) is 5.75 Å². The highest BCUT2D eigenvalue weighted by Crippen LogP contribution is 2.11. The summed E-state index contributed by atoms with van der Waals surface area (Å²) in [5.74, 6) is 0.862. The minimum Gasteiger partial charge on any atom is -0.497 e. The molecule has 0 aromatic heterocycles. The summed E-state index contributed by atoms with van der Waals surface area (Å²) in [4.78, 5) is 0. The summed E-state index contributed by atoms with van der Waals surface area (Å²) in [6, 6.07) is 7.88. The number of nitrogens with one attached hydrogen (secondary N) is 1. The molecule has 0 radical (unpaired) electrons. The highest BCUT2D eigenvalue weighted by atomic mass is 16.5. The van der Waals surface area contributed by atoms with E-state index >= 15 is 0 Å². The van der Waals surface area contributed by atoms with Crippen LogP contribution in [0, 0.1) is 0 Å². The molecule has 0 spiro atoms. The topological polar surface area (TPSA) is 41.5 Å². The van der Waals surface area contributed by atoms with Gasteiger partial charge in [-0.25, -0.2) is 0 Å². The van der Waals surface area contributed by atoms with E-state index in [-0.39, 0.29) is 0 Å². The fourth-order valence-electron chi connectivity index (χ4n) is 1.26. The number of methoxy groups -OCH3 is 1. The van der Waals surface area contributed by atoms with Gasteiger partial charge in [-0.05, 0) is 31.5 Å². The molecule has 0 aliphatic carbocycles. The molecule has 0 atom stereocenters. The molecule has 1 aromatic rings. The molecule has 0 unspecified atom stereocenters. The molecule has 3 nitrogen and oxygen atoms in total. The van der Waals surface area contributed by atoms with Gasteiger partial charge in [-0.3, -0.25) is 0 Å². The third-order valence-electron chi connectivity index (χ3n) is 2.05. The van der Waals surface area contributed by atoms with Gasteiger partial charge in [-0.15, -0.1) is 0 Å². The average molecular weight is 209 g/mol. The number of aliphatic hydroxyl groups is 1. The van der Waals surface area contributed by atoms with E-state index < -0.39 is 5.60 Å². The summed E-state index contributed by atoms with van der Waals surface area (Å²) in [6.45, 7) is 4.91. The Bertz CT molecular complexity index is 287. The van der Waals surface area contributed by atoms with Gasteiger partial charge >= 0.3 is 0 Å². The first kappa shape index (κ1) is 12.0. The summed E-state index contributed by atoms with van der Waals surface area (Å²) in [6.07, 6.45) is 0. The van der Waals surface area contributed by atoms with Crippen molar-refractivity contribution < 1.29 is 9.84 Å². The molecule has 1 rings (SSSR count). The number of rotatable bonds is 5. The van der Waals surface area contributed by atoms with Gasteiger partial charge in [0, 0.05) is 13.1 Å². The largest absolute Gasteiger partial charge is 0.497 e. The molecule has 0 saturated carbocycles. The minimum absolute atomic E-state index is 0.582. The second-order valence-corrected chi connectivity index (χ2v) is 4.26. The van der Waals surface area contributed by atoms with Gasteiger partial charge < -0.3 is 15.2 Å². The first-order valence-electron chi connectivity index (χ1n) is 5.07. The highest BCUT2D eigenvalue weighted by Gasteiger charge is 2.10. The fourth-order valence-corrected chi connectivity index (χ4v) is 1.26. The van der Waals surface area contributed by atoms with Crippen molar-refractivity contribution in [2.75, 3.05) is 13.7 Å². The standard InChI is InChI=1S/C12H19NO2/c1-12(2,14)9-13-8-10-4-6-11(15-3)7-5-10/h4-7,13-14H,8-9H2,1-3H3. The molecule has 15 heavy (non-hydrogen) atoms. The van der Waals surface area contributed by atoms with Crippen LogP contribution in [0.15, 0.2) is 24.3 Å². The van der Waals surface area contributed by atoms with E-state index in [1.807, 2.05) is 24.3 Å². The Hall–Kier alpha value is -1.06. The van der Waals surface area contributed by atoms with Crippen LogP contribution in [0.5, 0.6) is 5.75 Å². The predicted octanol–water partition coefficient (Wildman–Crippen LogP) is 1.56. The fraction of sp³-hybridized carbons (Fsp3) is 0.500. The van der Waals surface area contributed by atoms with Crippen molar-refractivity contribution in [1.29, 1.82) is 0 Å². The Kier molecular flexibility index (Phi) is 4.12. The second-order valence-electron chi connectivity index (χ2n) is 4.26. The monoisotopic (exact) mass is 209 g/mol. The molecular formula is C12H19NO2. The zero-order valence-electron chi connectivity index (χ0n) is 9.58. The molecule has 0 bridgehead atoms. The molecule has 2 N–H and O–H groups in total. The lowest BCUT2D eigenvalue weighted by molar-refractivity contribution is 0.0795. The van der Waals surface area contributed by atoms with Crippen LogP contribution in [0.1, 0.15) is 19.4 Å². The second kappa shape index (κ2) is 5.14. The summed E-state index contributed by atoms with van der Waals surface area (Å²) < 4.78 is 5.07. The predicted molar refractivity (Wildman–Crippen MR) is 61.0 cm³/mol.